The number of carbonyl (C=O) groups excluding carboxylic acids is 1. The third kappa shape index (κ3) is 4.59. The minimum atomic E-state index is -0.249. The van der Waals surface area contributed by atoms with Crippen molar-refractivity contribution in [3.63, 3.8) is 0 Å². The molecule has 0 aliphatic rings. The van der Waals surface area contributed by atoms with Crippen molar-refractivity contribution in [3.8, 4) is 0 Å². The molecule has 2 aromatic rings. The molecule has 6 nitrogen and oxygen atoms in total. The van der Waals surface area contributed by atoms with Gasteiger partial charge in [0.25, 0.3) is 0 Å². The first kappa shape index (κ1) is 15.0. The van der Waals surface area contributed by atoms with E-state index in [1.165, 1.54) is 0 Å². The number of anilines is 1. The van der Waals surface area contributed by atoms with Crippen LogP contribution in [0, 0.1) is 0 Å². The molecule has 21 heavy (non-hydrogen) atoms. The first-order valence-corrected chi connectivity index (χ1v) is 6.88. The predicted molar refractivity (Wildman–Crippen MR) is 80.2 cm³/mol. The number of hydrogen-bond acceptors (Lipinski definition) is 4. The third-order valence-corrected chi connectivity index (χ3v) is 2.78. The first-order chi connectivity index (χ1) is 9.95. The van der Waals surface area contributed by atoms with Gasteiger partial charge in [-0.3, -0.25) is 0 Å². The standard InChI is InChI=1S/C15H20N4O2/c1-15(2,3)13-18-12(19-21-13)9-10-16-14(20)17-11-7-5-4-6-8-11/h4-8H,9-10H2,1-3H3,(H2,16,17,20). The monoisotopic (exact) mass is 288 g/mol. The van der Waals surface area contributed by atoms with Gasteiger partial charge in [0, 0.05) is 24.1 Å². The Bertz CT molecular complexity index is 587. The number of amides is 2. The van der Waals surface area contributed by atoms with Crippen LogP contribution in [0.15, 0.2) is 34.9 Å². The number of urea groups is 1. The average Bonchev–Trinajstić information content (AvgIpc) is 2.88. The van der Waals surface area contributed by atoms with Gasteiger partial charge in [-0.15, -0.1) is 0 Å². The number of carbonyl (C=O) groups is 1. The Morgan fingerprint density at radius 2 is 1.95 bits per heavy atom. The van der Waals surface area contributed by atoms with Crippen LogP contribution in [0.1, 0.15) is 32.5 Å². The van der Waals surface area contributed by atoms with Crippen molar-refractivity contribution in [2.75, 3.05) is 11.9 Å². The Kier molecular flexibility index (Phi) is 4.57. The molecule has 1 heterocycles. The fourth-order valence-electron chi connectivity index (χ4n) is 1.64. The highest BCUT2D eigenvalue weighted by molar-refractivity contribution is 5.89. The molecule has 0 aliphatic carbocycles. The first-order valence-electron chi connectivity index (χ1n) is 6.88. The number of para-hydroxylation sites is 1. The van der Waals surface area contributed by atoms with E-state index in [0.29, 0.717) is 24.7 Å². The summed E-state index contributed by atoms with van der Waals surface area (Å²) in [6.07, 6.45) is 0.530. The molecule has 0 spiro atoms. The van der Waals surface area contributed by atoms with Crippen molar-refractivity contribution in [2.45, 2.75) is 32.6 Å². The molecule has 2 amide bonds. The minimum Gasteiger partial charge on any atom is -0.339 e. The van der Waals surface area contributed by atoms with Gasteiger partial charge < -0.3 is 15.2 Å². The summed E-state index contributed by atoms with van der Waals surface area (Å²) in [6, 6.07) is 9.03. The fourth-order valence-corrected chi connectivity index (χ4v) is 1.64. The van der Waals surface area contributed by atoms with E-state index in [4.69, 9.17) is 4.52 Å². The van der Waals surface area contributed by atoms with E-state index in [9.17, 15) is 4.79 Å². The lowest BCUT2D eigenvalue weighted by atomic mass is 9.97. The lowest BCUT2D eigenvalue weighted by Crippen LogP contribution is -2.30. The zero-order valence-electron chi connectivity index (χ0n) is 12.5. The van der Waals surface area contributed by atoms with Crippen LogP contribution in [0.3, 0.4) is 0 Å². The number of aromatic nitrogens is 2. The van der Waals surface area contributed by atoms with E-state index in [1.54, 1.807) is 0 Å². The Balaban J connectivity index is 1.77. The molecule has 0 unspecified atom stereocenters. The van der Waals surface area contributed by atoms with Gasteiger partial charge in [0.05, 0.1) is 0 Å². The molecule has 0 bridgehead atoms. The van der Waals surface area contributed by atoms with E-state index in [-0.39, 0.29) is 11.4 Å². The summed E-state index contributed by atoms with van der Waals surface area (Å²) in [6.45, 7) is 6.48. The predicted octanol–water partition coefficient (Wildman–Crippen LogP) is 2.73. The highest BCUT2D eigenvalue weighted by atomic mass is 16.5. The Morgan fingerprint density at radius 3 is 2.57 bits per heavy atom. The van der Waals surface area contributed by atoms with Gasteiger partial charge >= 0.3 is 6.03 Å². The van der Waals surface area contributed by atoms with Crippen LogP contribution in [-0.2, 0) is 11.8 Å². The number of rotatable bonds is 4. The van der Waals surface area contributed by atoms with Crippen molar-refractivity contribution in [1.82, 2.24) is 15.5 Å². The summed E-state index contributed by atoms with van der Waals surface area (Å²) in [5.74, 6) is 1.20. The number of nitrogens with one attached hydrogen (secondary N) is 2. The molecule has 112 valence electrons. The van der Waals surface area contributed by atoms with E-state index in [2.05, 4.69) is 20.8 Å². The second kappa shape index (κ2) is 6.39. The van der Waals surface area contributed by atoms with E-state index >= 15 is 0 Å². The SMILES string of the molecule is CC(C)(C)c1nc(CCNC(=O)Nc2ccccc2)no1. The molecule has 0 aliphatic heterocycles. The number of nitrogens with zero attached hydrogens (tertiary/aromatic N) is 2. The van der Waals surface area contributed by atoms with Crippen molar-refractivity contribution < 1.29 is 9.32 Å². The van der Waals surface area contributed by atoms with Crippen LogP contribution < -0.4 is 10.6 Å². The molecule has 2 rings (SSSR count). The molecule has 0 atom stereocenters. The number of hydrogen-bond donors (Lipinski definition) is 2. The number of benzene rings is 1. The minimum absolute atomic E-state index is 0.163. The molecule has 2 N–H and O–H groups in total. The lowest BCUT2D eigenvalue weighted by molar-refractivity contribution is 0.252. The van der Waals surface area contributed by atoms with Crippen LogP contribution in [0.4, 0.5) is 10.5 Å². The maximum Gasteiger partial charge on any atom is 0.319 e. The zero-order chi connectivity index (χ0) is 15.3. The van der Waals surface area contributed by atoms with Crippen molar-refractivity contribution in [2.24, 2.45) is 0 Å². The summed E-state index contributed by atoms with van der Waals surface area (Å²) in [4.78, 5) is 16.0. The Morgan fingerprint density at radius 1 is 1.24 bits per heavy atom. The van der Waals surface area contributed by atoms with Gasteiger partial charge in [-0.05, 0) is 12.1 Å². The molecular formula is C15H20N4O2. The van der Waals surface area contributed by atoms with E-state index < -0.39 is 0 Å². The van der Waals surface area contributed by atoms with Crippen LogP contribution in [0.5, 0.6) is 0 Å². The second-order valence-corrected chi connectivity index (χ2v) is 5.76. The van der Waals surface area contributed by atoms with Gasteiger partial charge in [0.2, 0.25) is 5.89 Å². The van der Waals surface area contributed by atoms with Gasteiger partial charge in [-0.25, -0.2) is 4.79 Å². The second-order valence-electron chi connectivity index (χ2n) is 5.76. The van der Waals surface area contributed by atoms with Crippen LogP contribution in [-0.4, -0.2) is 22.7 Å². The van der Waals surface area contributed by atoms with E-state index in [1.807, 2.05) is 51.1 Å². The highest BCUT2D eigenvalue weighted by Gasteiger charge is 2.21. The Hall–Kier alpha value is -2.37. The van der Waals surface area contributed by atoms with Crippen LogP contribution in [0.25, 0.3) is 0 Å². The molecule has 0 radical (unpaired) electrons. The molecule has 0 saturated carbocycles. The van der Waals surface area contributed by atoms with Crippen LogP contribution >= 0.6 is 0 Å². The highest BCUT2D eigenvalue weighted by Crippen LogP contribution is 2.19. The molecule has 0 fully saturated rings. The normalized spacial score (nSPS) is 11.2. The van der Waals surface area contributed by atoms with Crippen molar-refractivity contribution >= 4 is 11.7 Å². The van der Waals surface area contributed by atoms with E-state index in [0.717, 1.165) is 5.69 Å². The lowest BCUT2D eigenvalue weighted by Gasteiger charge is -2.10. The third-order valence-electron chi connectivity index (χ3n) is 2.78. The Labute approximate surface area is 123 Å². The summed E-state index contributed by atoms with van der Waals surface area (Å²) >= 11 is 0. The van der Waals surface area contributed by atoms with Gasteiger partial charge in [-0.1, -0.05) is 44.1 Å². The molecule has 1 aromatic heterocycles. The average molecular weight is 288 g/mol. The maximum atomic E-state index is 11.7. The zero-order valence-corrected chi connectivity index (χ0v) is 12.5. The molecule has 6 heteroatoms. The van der Waals surface area contributed by atoms with Crippen molar-refractivity contribution in [1.29, 1.82) is 0 Å². The van der Waals surface area contributed by atoms with Gasteiger partial charge in [0.15, 0.2) is 5.82 Å². The summed E-state index contributed by atoms with van der Waals surface area (Å²) in [5.41, 5.74) is 0.591. The molecule has 1 aromatic carbocycles. The molecule has 0 saturated heterocycles. The summed E-state index contributed by atoms with van der Waals surface area (Å²) in [7, 11) is 0. The largest absolute Gasteiger partial charge is 0.339 e. The summed E-state index contributed by atoms with van der Waals surface area (Å²) < 4.78 is 5.19. The van der Waals surface area contributed by atoms with Gasteiger partial charge in [0.1, 0.15) is 0 Å². The molecular weight excluding hydrogens is 268 g/mol. The summed E-state index contributed by atoms with van der Waals surface area (Å²) in [5, 5.41) is 9.40. The topological polar surface area (TPSA) is 80.0 Å². The fraction of sp³-hybridized carbons (Fsp3) is 0.400. The smallest absolute Gasteiger partial charge is 0.319 e. The van der Waals surface area contributed by atoms with Crippen molar-refractivity contribution in [3.05, 3.63) is 42.0 Å². The maximum absolute atomic E-state index is 11.7. The van der Waals surface area contributed by atoms with Crippen LogP contribution in [0.2, 0.25) is 0 Å². The quantitative estimate of drug-likeness (QED) is 0.906. The van der Waals surface area contributed by atoms with Gasteiger partial charge in [-0.2, -0.15) is 4.98 Å².